The lowest BCUT2D eigenvalue weighted by molar-refractivity contribution is 1.67. The lowest BCUT2D eigenvalue weighted by atomic mass is 10.0. The Morgan fingerprint density at radius 2 is 1.45 bits per heavy atom. The van der Waals surface area contributed by atoms with Crippen molar-refractivity contribution in [3.05, 3.63) is 70.9 Å². The zero-order chi connectivity index (χ0) is 23.1. The second-order valence-corrected chi connectivity index (χ2v) is 5.76. The first-order chi connectivity index (χ1) is 14.4. The van der Waals surface area contributed by atoms with Crippen LogP contribution in [0.1, 0.15) is 15.1 Å². The monoisotopic (exact) mass is 349 g/mol. The standard InChI is InChI=1S/C18H11BrS/c19-16-11-5-10-15-14-9-4-8-13(17(14)20-18(15)16)12-6-2-1-3-7-12/h1-11H/i1D,2D,3D,4D,5D,6D,7D,8D,9D,10D,11D. The molecule has 1 heterocycles. The predicted octanol–water partition coefficient (Wildman–Crippen LogP) is 6.48. The summed E-state index contributed by atoms with van der Waals surface area (Å²) in [6.45, 7) is 0. The van der Waals surface area contributed by atoms with Crippen molar-refractivity contribution in [2.75, 3.05) is 0 Å². The summed E-state index contributed by atoms with van der Waals surface area (Å²) in [4.78, 5) is 0. The Balaban J connectivity index is 2.36. The number of benzene rings is 3. The molecule has 0 fully saturated rings. The minimum atomic E-state index is -0.588. The maximum atomic E-state index is 8.44. The molecule has 3 aromatic carbocycles. The van der Waals surface area contributed by atoms with Gasteiger partial charge in [0.05, 0.1) is 15.1 Å². The molecular weight excluding hydrogens is 328 g/mol. The van der Waals surface area contributed by atoms with Gasteiger partial charge in [-0.05, 0) is 33.1 Å². The van der Waals surface area contributed by atoms with E-state index in [1.807, 2.05) is 0 Å². The van der Waals surface area contributed by atoms with E-state index in [1.165, 1.54) is 0 Å². The van der Waals surface area contributed by atoms with Crippen LogP contribution in [-0.4, -0.2) is 0 Å². The van der Waals surface area contributed by atoms with E-state index in [0.717, 1.165) is 11.3 Å². The molecular formula is C18H11BrS. The van der Waals surface area contributed by atoms with Gasteiger partial charge in [0.1, 0.15) is 0 Å². The van der Waals surface area contributed by atoms with Gasteiger partial charge in [-0.25, -0.2) is 0 Å². The Kier molecular flexibility index (Phi) is 1.25. The van der Waals surface area contributed by atoms with Crippen LogP contribution < -0.4 is 0 Å². The molecule has 0 unspecified atom stereocenters. The lowest BCUT2D eigenvalue weighted by Gasteiger charge is -2.02. The third-order valence-corrected chi connectivity index (χ3v) is 4.90. The van der Waals surface area contributed by atoms with Crippen molar-refractivity contribution in [3.8, 4) is 11.1 Å². The fourth-order valence-corrected chi connectivity index (χ4v) is 3.62. The molecule has 20 heavy (non-hydrogen) atoms. The van der Waals surface area contributed by atoms with Gasteiger partial charge in [-0.1, -0.05) is 60.4 Å². The highest BCUT2D eigenvalue weighted by Gasteiger charge is 2.11. The Morgan fingerprint density at radius 3 is 2.25 bits per heavy atom. The van der Waals surface area contributed by atoms with Gasteiger partial charge in [0, 0.05) is 24.6 Å². The lowest BCUT2D eigenvalue weighted by Crippen LogP contribution is -1.76. The third kappa shape index (κ3) is 1.80. The first-order valence-electron chi connectivity index (χ1n) is 11.1. The van der Waals surface area contributed by atoms with E-state index in [2.05, 4.69) is 15.9 Å². The molecule has 0 saturated carbocycles. The summed E-state index contributed by atoms with van der Waals surface area (Å²) in [6.07, 6.45) is 0. The molecule has 0 bridgehead atoms. The zero-order valence-corrected chi connectivity index (χ0v) is 12.2. The summed E-state index contributed by atoms with van der Waals surface area (Å²) in [5.41, 5.74) is -0.362. The van der Waals surface area contributed by atoms with E-state index in [-0.39, 0.29) is 55.2 Å². The highest BCUT2D eigenvalue weighted by atomic mass is 79.9. The van der Waals surface area contributed by atoms with E-state index < -0.39 is 42.3 Å². The molecule has 0 aliphatic carbocycles. The summed E-state index contributed by atoms with van der Waals surface area (Å²) >= 11 is 4.24. The Bertz CT molecular complexity index is 1430. The zero-order valence-electron chi connectivity index (χ0n) is 20.8. The molecule has 2 heteroatoms. The highest BCUT2D eigenvalue weighted by molar-refractivity contribution is 9.10. The van der Waals surface area contributed by atoms with Crippen LogP contribution in [0.25, 0.3) is 31.3 Å². The van der Waals surface area contributed by atoms with Gasteiger partial charge in [-0.15, -0.1) is 11.3 Å². The SMILES string of the molecule is [2H]c1c([2H])c([2H])c(-c2c([2H])c([2H])c([2H])c3c2sc2c(Br)c([2H])c([2H])c([2H])c23)c([2H])c1[2H]. The van der Waals surface area contributed by atoms with E-state index in [0.29, 0.717) is 4.70 Å². The average Bonchev–Trinajstić information content (AvgIpc) is 3.14. The van der Waals surface area contributed by atoms with Gasteiger partial charge >= 0.3 is 0 Å². The minimum absolute atomic E-state index is 0.0852. The minimum Gasteiger partial charge on any atom is -0.133 e. The van der Waals surface area contributed by atoms with Gasteiger partial charge in [0.2, 0.25) is 0 Å². The second-order valence-electron chi connectivity index (χ2n) is 3.95. The molecule has 0 atom stereocenters. The van der Waals surface area contributed by atoms with Gasteiger partial charge in [0.15, 0.2) is 0 Å². The largest absolute Gasteiger partial charge is 0.133 e. The molecule has 0 saturated heterocycles. The van der Waals surface area contributed by atoms with Crippen molar-refractivity contribution in [1.29, 1.82) is 0 Å². The number of halogens is 1. The van der Waals surface area contributed by atoms with E-state index in [9.17, 15) is 0 Å². The summed E-state index contributed by atoms with van der Waals surface area (Å²) < 4.78 is 90.6. The number of thiophene rings is 1. The smallest absolute Gasteiger partial charge is 0.0635 e. The fourth-order valence-electron chi connectivity index (χ4n) is 1.97. The van der Waals surface area contributed by atoms with E-state index in [4.69, 9.17) is 15.1 Å². The molecule has 0 N–H and O–H groups in total. The van der Waals surface area contributed by atoms with Gasteiger partial charge in [-0.2, -0.15) is 0 Å². The van der Waals surface area contributed by atoms with Gasteiger partial charge < -0.3 is 0 Å². The van der Waals surface area contributed by atoms with Crippen molar-refractivity contribution in [1.82, 2.24) is 0 Å². The van der Waals surface area contributed by atoms with Crippen LogP contribution in [0.4, 0.5) is 0 Å². The molecule has 4 aromatic rings. The summed E-state index contributed by atoms with van der Waals surface area (Å²) in [5, 5.41) is 0.238. The maximum Gasteiger partial charge on any atom is 0.0635 e. The van der Waals surface area contributed by atoms with Crippen LogP contribution in [0, 0.1) is 0 Å². The van der Waals surface area contributed by atoms with Crippen molar-refractivity contribution in [3.63, 3.8) is 0 Å². The topological polar surface area (TPSA) is 0 Å². The van der Waals surface area contributed by atoms with Crippen molar-refractivity contribution in [2.24, 2.45) is 0 Å². The molecule has 0 nitrogen and oxygen atoms in total. The van der Waals surface area contributed by atoms with E-state index in [1.54, 1.807) is 0 Å². The summed E-state index contributed by atoms with van der Waals surface area (Å²) in [7, 11) is 0. The molecule has 0 radical (unpaired) electrons. The van der Waals surface area contributed by atoms with Gasteiger partial charge in [-0.3, -0.25) is 0 Å². The molecule has 0 amide bonds. The third-order valence-electron chi connectivity index (χ3n) is 2.82. The molecule has 0 spiro atoms. The second kappa shape index (κ2) is 4.72. The highest BCUT2D eigenvalue weighted by Crippen LogP contribution is 2.42. The quantitative estimate of drug-likeness (QED) is 0.368. The van der Waals surface area contributed by atoms with Crippen LogP contribution in [0.5, 0.6) is 0 Å². The number of hydrogen-bond acceptors (Lipinski definition) is 1. The molecule has 0 aliphatic heterocycles. The predicted molar refractivity (Wildman–Crippen MR) is 92.5 cm³/mol. The summed E-state index contributed by atoms with van der Waals surface area (Å²) in [6, 6.07) is -5.10. The van der Waals surface area contributed by atoms with Crippen LogP contribution in [0.3, 0.4) is 0 Å². The van der Waals surface area contributed by atoms with Crippen LogP contribution in [0.2, 0.25) is 0 Å². The normalized spacial score (nSPS) is 18.9. The van der Waals surface area contributed by atoms with Crippen molar-refractivity contribution < 1.29 is 15.1 Å². The van der Waals surface area contributed by atoms with Crippen molar-refractivity contribution >= 4 is 47.4 Å². The Labute approximate surface area is 145 Å². The first kappa shape index (κ1) is 5.28. The molecule has 4 rings (SSSR count). The molecule has 96 valence electrons. The maximum absolute atomic E-state index is 8.44. The number of rotatable bonds is 1. The van der Waals surface area contributed by atoms with Gasteiger partial charge in [0.25, 0.3) is 0 Å². The molecule has 1 aromatic heterocycles. The summed E-state index contributed by atoms with van der Waals surface area (Å²) in [5.74, 6) is 0. The average molecular weight is 350 g/mol. The van der Waals surface area contributed by atoms with Crippen LogP contribution in [-0.2, 0) is 0 Å². The first-order valence-corrected chi connectivity index (χ1v) is 7.21. The number of fused-ring (bicyclic) bond motifs is 3. The van der Waals surface area contributed by atoms with Crippen LogP contribution in [0.15, 0.2) is 70.9 Å². The Hall–Kier alpha value is -1.64. The fraction of sp³-hybridized carbons (Fsp3) is 0. The number of hydrogen-bond donors (Lipinski definition) is 0. The van der Waals surface area contributed by atoms with E-state index >= 15 is 0 Å². The van der Waals surface area contributed by atoms with Crippen LogP contribution >= 0.6 is 27.3 Å². The van der Waals surface area contributed by atoms with Crippen molar-refractivity contribution in [2.45, 2.75) is 0 Å². The Morgan fingerprint density at radius 1 is 0.750 bits per heavy atom. The molecule has 0 aliphatic rings.